The third-order valence-corrected chi connectivity index (χ3v) is 3.67. The Hall–Kier alpha value is -2.17. The van der Waals surface area contributed by atoms with Crippen molar-refractivity contribution >= 4 is 12.1 Å². The van der Waals surface area contributed by atoms with Crippen LogP contribution in [0.5, 0.6) is 0 Å². The van der Waals surface area contributed by atoms with Crippen molar-refractivity contribution in [3.8, 4) is 0 Å². The van der Waals surface area contributed by atoms with E-state index in [0.717, 1.165) is 5.57 Å². The van der Waals surface area contributed by atoms with Crippen LogP contribution < -0.4 is 0 Å². The number of allylic oxidation sites excluding steroid dienone is 4. The molecule has 1 amide bonds. The smallest absolute Gasteiger partial charge is 0.411 e. The molecule has 0 N–H and O–H groups in total. The Kier molecular flexibility index (Phi) is 3.96. The zero-order valence-corrected chi connectivity index (χ0v) is 13.4. The number of carbonyl (C=O) groups excluding carboxylic acids is 2. The Bertz CT molecular complexity index is 599. The number of amides is 1. The lowest BCUT2D eigenvalue weighted by Crippen LogP contribution is -2.47. The fourth-order valence-electron chi connectivity index (χ4n) is 2.60. The van der Waals surface area contributed by atoms with Crippen molar-refractivity contribution in [2.24, 2.45) is 0 Å². The number of esters is 1. The van der Waals surface area contributed by atoms with Gasteiger partial charge in [-0.2, -0.15) is 0 Å². The summed E-state index contributed by atoms with van der Waals surface area (Å²) in [6.07, 6.45) is 9.24. The van der Waals surface area contributed by atoms with Gasteiger partial charge in [0.05, 0.1) is 18.2 Å². The summed E-state index contributed by atoms with van der Waals surface area (Å²) in [6.45, 7) is 5.87. The summed E-state index contributed by atoms with van der Waals surface area (Å²) in [5, 5.41) is 0. The number of fused-ring (bicyclic) bond motifs is 1. The molecule has 6 heteroatoms. The van der Waals surface area contributed by atoms with E-state index in [4.69, 9.17) is 14.2 Å². The maximum Gasteiger partial charge on any atom is 0.411 e. The lowest BCUT2D eigenvalue weighted by Gasteiger charge is -2.28. The summed E-state index contributed by atoms with van der Waals surface area (Å²) in [4.78, 5) is 26.0. The van der Waals surface area contributed by atoms with E-state index in [-0.39, 0.29) is 18.8 Å². The summed E-state index contributed by atoms with van der Waals surface area (Å²) in [6, 6.07) is -0.734. The molecule has 2 aliphatic heterocycles. The predicted octanol–water partition coefficient (Wildman–Crippen LogP) is 1.77. The zero-order valence-electron chi connectivity index (χ0n) is 13.4. The number of hydrogen-bond acceptors (Lipinski definition) is 5. The van der Waals surface area contributed by atoms with Crippen molar-refractivity contribution in [2.75, 3.05) is 13.2 Å². The topological polar surface area (TPSA) is 68.4 Å². The van der Waals surface area contributed by atoms with Crippen LogP contribution in [0.1, 0.15) is 20.8 Å². The molecule has 0 bridgehead atoms. The van der Waals surface area contributed by atoms with Gasteiger partial charge in [0.2, 0.25) is 0 Å². The molecule has 0 saturated carbocycles. The van der Waals surface area contributed by atoms with Crippen LogP contribution in [0, 0.1) is 6.08 Å². The van der Waals surface area contributed by atoms with Crippen LogP contribution >= 0.6 is 0 Å². The highest BCUT2D eigenvalue weighted by molar-refractivity contribution is 5.84. The van der Waals surface area contributed by atoms with Crippen LogP contribution in [-0.2, 0) is 19.0 Å². The van der Waals surface area contributed by atoms with E-state index < -0.39 is 23.7 Å². The van der Waals surface area contributed by atoms with E-state index in [2.05, 4.69) is 6.08 Å². The molecule has 2 fully saturated rings. The van der Waals surface area contributed by atoms with Crippen LogP contribution in [0.3, 0.4) is 0 Å². The first-order chi connectivity index (χ1) is 10.8. The quantitative estimate of drug-likeness (QED) is 0.451. The number of epoxide rings is 1. The molecule has 0 aromatic carbocycles. The Morgan fingerprint density at radius 2 is 2.22 bits per heavy atom. The number of ether oxygens (including phenoxy) is 3. The number of carbonyl (C=O) groups is 2. The van der Waals surface area contributed by atoms with Crippen molar-refractivity contribution in [2.45, 2.75) is 44.6 Å². The molecule has 3 aliphatic rings. The van der Waals surface area contributed by atoms with Gasteiger partial charge in [0.1, 0.15) is 30.0 Å². The average molecular weight is 318 g/mol. The zero-order chi connectivity index (χ0) is 16.6. The second-order valence-electron chi connectivity index (χ2n) is 6.74. The SMILES string of the molecule is CC(C)(C)OC(=O)N1C[C@H]2O[C@H]2[C@H]1C(=O)OCC1=CC=C[C+]=C1. The minimum absolute atomic E-state index is 0.0925. The minimum Gasteiger partial charge on any atom is -0.445 e. The lowest BCUT2D eigenvalue weighted by molar-refractivity contribution is -0.149. The molecular weight excluding hydrogens is 298 g/mol. The highest BCUT2D eigenvalue weighted by Crippen LogP contribution is 2.37. The van der Waals surface area contributed by atoms with Crippen LogP contribution in [-0.4, -0.2) is 54.0 Å². The molecule has 2 heterocycles. The standard InChI is InChI=1S/C17H20NO5/c1-17(2,3)23-16(20)18-9-12-14(22-12)13(18)15(19)21-10-11-7-5-4-6-8-11/h4-5,7-8,12-14H,9-10H2,1-3H3/q+1/t12-,13+,14-/m1/s1. The van der Waals surface area contributed by atoms with Gasteiger partial charge in [-0.3, -0.25) is 4.90 Å². The predicted molar refractivity (Wildman–Crippen MR) is 81.4 cm³/mol. The average Bonchev–Trinajstić information content (AvgIpc) is 3.14. The van der Waals surface area contributed by atoms with Gasteiger partial charge >= 0.3 is 12.1 Å². The number of rotatable bonds is 3. The van der Waals surface area contributed by atoms with Gasteiger partial charge in [-0.15, -0.1) is 0 Å². The van der Waals surface area contributed by atoms with Gasteiger partial charge in [-0.25, -0.2) is 9.59 Å². The second-order valence-corrected chi connectivity index (χ2v) is 6.74. The summed E-state index contributed by atoms with van der Waals surface area (Å²) >= 11 is 0. The van der Waals surface area contributed by atoms with Crippen LogP contribution in [0.15, 0.2) is 29.9 Å². The van der Waals surface area contributed by atoms with E-state index in [1.54, 1.807) is 32.9 Å². The van der Waals surface area contributed by atoms with Crippen LogP contribution in [0.25, 0.3) is 0 Å². The first-order valence-corrected chi connectivity index (χ1v) is 7.62. The fraction of sp³-hybridized carbons (Fsp3) is 0.529. The number of hydrogen-bond donors (Lipinski definition) is 0. The van der Waals surface area contributed by atoms with Crippen LogP contribution in [0.2, 0.25) is 0 Å². The molecule has 122 valence electrons. The number of likely N-dealkylation sites (tertiary alicyclic amines) is 1. The molecule has 0 aromatic rings. The molecule has 0 aromatic heterocycles. The Morgan fingerprint density at radius 3 is 2.87 bits per heavy atom. The van der Waals surface area contributed by atoms with Gasteiger partial charge in [0.15, 0.2) is 12.6 Å². The van der Waals surface area contributed by atoms with Crippen molar-refractivity contribution in [1.82, 2.24) is 4.90 Å². The molecule has 23 heavy (non-hydrogen) atoms. The monoisotopic (exact) mass is 318 g/mol. The van der Waals surface area contributed by atoms with Crippen LogP contribution in [0.4, 0.5) is 4.79 Å². The molecule has 0 unspecified atom stereocenters. The highest BCUT2D eigenvalue weighted by Gasteiger charge is 2.60. The molecular formula is C17H20NO5+. The van der Waals surface area contributed by atoms with Crippen molar-refractivity contribution in [1.29, 1.82) is 0 Å². The summed E-state index contributed by atoms with van der Waals surface area (Å²) < 4.78 is 16.1. The van der Waals surface area contributed by atoms with Gasteiger partial charge in [-0.05, 0) is 20.8 Å². The maximum absolute atomic E-state index is 12.4. The van der Waals surface area contributed by atoms with E-state index in [1.165, 1.54) is 4.90 Å². The molecule has 1 aliphatic carbocycles. The summed E-state index contributed by atoms with van der Waals surface area (Å²) in [5.41, 5.74) is 0.231. The number of morpholine rings is 1. The Morgan fingerprint density at radius 1 is 1.43 bits per heavy atom. The van der Waals surface area contributed by atoms with Gasteiger partial charge in [-0.1, -0.05) is 0 Å². The largest absolute Gasteiger partial charge is 0.445 e. The molecule has 3 rings (SSSR count). The molecule has 3 atom stereocenters. The second kappa shape index (κ2) is 5.80. The van der Waals surface area contributed by atoms with E-state index >= 15 is 0 Å². The lowest BCUT2D eigenvalue weighted by atomic mass is 10.2. The molecule has 0 radical (unpaired) electrons. The van der Waals surface area contributed by atoms with E-state index in [9.17, 15) is 9.59 Å². The first kappa shape index (κ1) is 15.7. The van der Waals surface area contributed by atoms with Crippen molar-refractivity contribution in [3.05, 3.63) is 36.0 Å². The van der Waals surface area contributed by atoms with Gasteiger partial charge in [0, 0.05) is 12.2 Å². The number of nitrogens with zero attached hydrogens (tertiary/aromatic N) is 1. The minimum atomic E-state index is -0.734. The Balaban J connectivity index is 1.61. The van der Waals surface area contributed by atoms with E-state index in [1.807, 2.05) is 12.2 Å². The summed E-state index contributed by atoms with van der Waals surface area (Å²) in [7, 11) is 0. The van der Waals surface area contributed by atoms with Gasteiger partial charge in [0.25, 0.3) is 0 Å². The molecule has 0 spiro atoms. The highest BCUT2D eigenvalue weighted by atomic mass is 16.6. The first-order valence-electron chi connectivity index (χ1n) is 7.62. The van der Waals surface area contributed by atoms with Crippen molar-refractivity contribution in [3.63, 3.8) is 0 Å². The van der Waals surface area contributed by atoms with E-state index in [0.29, 0.717) is 6.54 Å². The third-order valence-electron chi connectivity index (χ3n) is 3.67. The fourth-order valence-corrected chi connectivity index (χ4v) is 2.60. The molecule has 2 saturated heterocycles. The maximum atomic E-state index is 12.4. The summed E-state index contributed by atoms with van der Waals surface area (Å²) in [5.74, 6) is -0.468. The third kappa shape index (κ3) is 3.60. The molecule has 6 nitrogen and oxygen atoms in total. The Labute approximate surface area is 135 Å². The van der Waals surface area contributed by atoms with Crippen molar-refractivity contribution < 1.29 is 23.8 Å². The normalized spacial score (nSPS) is 27.9. The van der Waals surface area contributed by atoms with Gasteiger partial charge < -0.3 is 14.2 Å².